The van der Waals surface area contributed by atoms with Crippen molar-refractivity contribution < 1.29 is 34.1 Å². The highest BCUT2D eigenvalue weighted by Crippen LogP contribution is 2.35. The van der Waals surface area contributed by atoms with Crippen LogP contribution in [-0.4, -0.2) is 127 Å². The van der Waals surface area contributed by atoms with Crippen molar-refractivity contribution >= 4 is 40.9 Å². The number of piperazine rings is 1. The molecule has 2 aromatic rings. The number of primary amides is 1. The molecule has 1 aromatic carbocycles. The van der Waals surface area contributed by atoms with Crippen molar-refractivity contribution in [1.29, 1.82) is 0 Å². The Hall–Kier alpha value is -4.47. The molecular weight excluding hydrogens is 632 g/mol. The lowest BCUT2D eigenvalue weighted by atomic mass is 10.0. The Balaban J connectivity index is 0.000000645. The average Bonchev–Trinajstić information content (AvgIpc) is 3.08. The molecular formula is C34H52N8O7. The number of aliphatic carboxylic acids is 2. The number of piperidine rings is 1. The number of benzene rings is 1. The van der Waals surface area contributed by atoms with E-state index in [1.54, 1.807) is 7.11 Å². The highest BCUT2D eigenvalue weighted by molar-refractivity contribution is 5.96. The van der Waals surface area contributed by atoms with Gasteiger partial charge in [0.25, 0.3) is 5.91 Å². The van der Waals surface area contributed by atoms with E-state index < -0.39 is 17.8 Å². The van der Waals surface area contributed by atoms with Crippen LogP contribution in [0.15, 0.2) is 30.4 Å². The van der Waals surface area contributed by atoms with Gasteiger partial charge in [-0.15, -0.1) is 0 Å². The molecule has 3 aliphatic rings. The lowest BCUT2D eigenvalue weighted by molar-refractivity contribution is -0.134. The molecule has 0 spiro atoms. The lowest BCUT2D eigenvalue weighted by Crippen LogP contribution is -2.52. The number of carboxylic acids is 2. The first-order valence-corrected chi connectivity index (χ1v) is 16.4. The van der Waals surface area contributed by atoms with Gasteiger partial charge < -0.3 is 45.9 Å². The van der Waals surface area contributed by atoms with Crippen molar-refractivity contribution in [3.63, 3.8) is 0 Å². The Morgan fingerprint density at radius 3 is 2.16 bits per heavy atom. The first kappa shape index (κ1) is 39.0. The first-order chi connectivity index (χ1) is 23.1. The van der Waals surface area contributed by atoms with Crippen LogP contribution in [0.5, 0.6) is 5.75 Å². The minimum atomic E-state index is -1.26. The predicted octanol–water partition coefficient (Wildman–Crippen LogP) is 3.05. The number of nitrogens with one attached hydrogen (secondary N) is 2. The number of nitrogens with zero attached hydrogens (tertiary/aromatic N) is 5. The fraction of sp³-hybridized carbons (Fsp3) is 0.559. The molecule has 270 valence electrons. The predicted molar refractivity (Wildman–Crippen MR) is 189 cm³/mol. The van der Waals surface area contributed by atoms with E-state index >= 15 is 0 Å². The minimum absolute atomic E-state index is 0. The van der Waals surface area contributed by atoms with Gasteiger partial charge in [0.2, 0.25) is 0 Å². The maximum absolute atomic E-state index is 12.3. The lowest BCUT2D eigenvalue weighted by Gasteiger charge is -2.42. The van der Waals surface area contributed by atoms with Crippen LogP contribution in [0.1, 0.15) is 56.2 Å². The second-order valence-corrected chi connectivity index (χ2v) is 12.0. The maximum atomic E-state index is 12.3. The quantitative estimate of drug-likeness (QED) is 0.217. The van der Waals surface area contributed by atoms with E-state index in [1.807, 2.05) is 19.1 Å². The van der Waals surface area contributed by atoms with Crippen molar-refractivity contribution in [1.82, 2.24) is 19.8 Å². The van der Waals surface area contributed by atoms with Crippen LogP contribution in [0, 0.1) is 0 Å². The summed E-state index contributed by atoms with van der Waals surface area (Å²) in [6.45, 7) is 10.0. The summed E-state index contributed by atoms with van der Waals surface area (Å²) in [4.78, 5) is 48.3. The highest BCUT2D eigenvalue weighted by atomic mass is 16.5. The van der Waals surface area contributed by atoms with E-state index in [9.17, 15) is 14.4 Å². The highest BCUT2D eigenvalue weighted by Gasteiger charge is 2.28. The first-order valence-electron chi connectivity index (χ1n) is 16.4. The van der Waals surface area contributed by atoms with E-state index in [2.05, 4.69) is 43.4 Å². The molecule has 1 aromatic heterocycles. The van der Waals surface area contributed by atoms with E-state index in [1.165, 1.54) is 0 Å². The molecule has 15 heteroatoms. The van der Waals surface area contributed by atoms with Gasteiger partial charge in [0.05, 0.1) is 18.5 Å². The van der Waals surface area contributed by atoms with Crippen molar-refractivity contribution in [3.05, 3.63) is 41.7 Å². The van der Waals surface area contributed by atoms with Gasteiger partial charge in [-0.25, -0.2) is 19.6 Å². The second kappa shape index (κ2) is 18.9. The van der Waals surface area contributed by atoms with Crippen molar-refractivity contribution in [2.24, 2.45) is 5.73 Å². The largest absolute Gasteiger partial charge is 0.495 e. The molecule has 6 N–H and O–H groups in total. The summed E-state index contributed by atoms with van der Waals surface area (Å²) in [7, 11) is 3.90. The third-order valence-electron chi connectivity index (χ3n) is 8.77. The number of nitrogens with two attached hydrogens (primary N) is 1. The average molecular weight is 685 g/mol. The standard InChI is InChI=1S/C29H44N8O3.C4H4O4.CH4/c1-4-23-28(31-20-9-17-40-18-10-20)34-29(26(33-23)27(30)38)32-21-5-6-24(25(19-21)39-3)37-11-7-22(8-12-37)36-15-13-35(2)14-16-36;5-3(6)1-2-4(7)8;/h5-6,19-20,22H,4,7-18H2,1-3H3,(H2,30,38)(H2,31,32,34);1-2H,(H,5,6)(H,7,8);1H4/b;2-1+;. The van der Waals surface area contributed by atoms with Gasteiger partial charge in [-0.05, 0) is 51.3 Å². The molecule has 0 radical (unpaired) electrons. The number of ether oxygens (including phenoxy) is 2. The van der Waals surface area contributed by atoms with Gasteiger partial charge >= 0.3 is 11.9 Å². The number of hydrogen-bond donors (Lipinski definition) is 5. The van der Waals surface area contributed by atoms with Crippen LogP contribution >= 0.6 is 0 Å². The number of hydrogen-bond acceptors (Lipinski definition) is 12. The zero-order valence-corrected chi connectivity index (χ0v) is 28.0. The van der Waals surface area contributed by atoms with E-state index in [0.717, 1.165) is 101 Å². The summed E-state index contributed by atoms with van der Waals surface area (Å²) in [5.41, 5.74) is 8.40. The molecule has 0 unspecified atom stereocenters. The molecule has 4 heterocycles. The molecule has 5 rings (SSSR count). The van der Waals surface area contributed by atoms with Crippen molar-refractivity contribution in [3.8, 4) is 5.75 Å². The molecule has 1 amide bonds. The number of carbonyl (C=O) groups is 3. The summed E-state index contributed by atoms with van der Waals surface area (Å²) in [5.74, 6) is -1.34. The summed E-state index contributed by atoms with van der Waals surface area (Å²) < 4.78 is 11.3. The topological polar surface area (TPSA) is 196 Å². The van der Waals surface area contributed by atoms with Crippen molar-refractivity contribution in [2.75, 3.05) is 82.2 Å². The Morgan fingerprint density at radius 2 is 1.61 bits per heavy atom. The molecule has 0 bridgehead atoms. The molecule has 3 fully saturated rings. The van der Waals surface area contributed by atoms with E-state index in [-0.39, 0.29) is 19.2 Å². The van der Waals surface area contributed by atoms with Crippen LogP contribution in [0.4, 0.5) is 23.0 Å². The van der Waals surface area contributed by atoms with Crippen LogP contribution in [0.2, 0.25) is 0 Å². The number of anilines is 4. The molecule has 3 saturated heterocycles. The number of aromatic nitrogens is 2. The Morgan fingerprint density at radius 1 is 0.980 bits per heavy atom. The number of carboxylic acid groups (broad SMARTS) is 2. The fourth-order valence-electron chi connectivity index (χ4n) is 6.08. The van der Waals surface area contributed by atoms with Crippen LogP contribution in [0.3, 0.4) is 0 Å². The molecule has 0 saturated carbocycles. The third-order valence-corrected chi connectivity index (χ3v) is 8.77. The van der Waals surface area contributed by atoms with Gasteiger partial charge in [0.1, 0.15) is 5.75 Å². The zero-order valence-electron chi connectivity index (χ0n) is 28.0. The zero-order chi connectivity index (χ0) is 34.6. The Kier molecular flexibility index (Phi) is 15.0. The van der Waals surface area contributed by atoms with Gasteiger partial charge in [-0.1, -0.05) is 14.4 Å². The van der Waals surface area contributed by atoms with Gasteiger partial charge in [0.15, 0.2) is 17.3 Å². The maximum Gasteiger partial charge on any atom is 0.328 e. The van der Waals surface area contributed by atoms with Crippen LogP contribution < -0.4 is 26.0 Å². The van der Waals surface area contributed by atoms with E-state index in [0.29, 0.717) is 36.3 Å². The number of aryl methyl sites for hydroxylation is 1. The number of carbonyl (C=O) groups excluding carboxylic acids is 1. The molecule has 49 heavy (non-hydrogen) atoms. The number of amides is 1. The van der Waals surface area contributed by atoms with Crippen molar-refractivity contribution in [2.45, 2.75) is 58.5 Å². The summed E-state index contributed by atoms with van der Waals surface area (Å²) in [5, 5.41) is 22.4. The second-order valence-electron chi connectivity index (χ2n) is 12.0. The Bertz CT molecular complexity index is 1420. The number of rotatable bonds is 11. The molecule has 0 aliphatic carbocycles. The van der Waals surface area contributed by atoms with Crippen LogP contribution in [-0.2, 0) is 20.7 Å². The molecule has 3 aliphatic heterocycles. The summed E-state index contributed by atoms with van der Waals surface area (Å²) in [6, 6.07) is 6.93. The third kappa shape index (κ3) is 11.3. The van der Waals surface area contributed by atoms with Gasteiger partial charge in [0, 0.05) is 88.5 Å². The smallest absolute Gasteiger partial charge is 0.328 e. The number of methoxy groups -OCH3 is 1. The monoisotopic (exact) mass is 684 g/mol. The molecule has 15 nitrogen and oxygen atoms in total. The SMILES string of the molecule is C.CCc1nc(C(N)=O)c(Nc2ccc(N3CCC(N4CCN(C)CC4)CC3)c(OC)c2)nc1NC1CCOCC1.O=C(O)/C=C/C(=O)O. The summed E-state index contributed by atoms with van der Waals surface area (Å²) in [6.07, 6.45) is 5.85. The normalized spacial score (nSPS) is 17.8. The minimum Gasteiger partial charge on any atom is -0.495 e. The number of likely N-dealkylation sites (N-methyl/N-ethyl adjacent to an activating group) is 1. The van der Waals surface area contributed by atoms with Gasteiger partial charge in [-0.3, -0.25) is 9.69 Å². The van der Waals surface area contributed by atoms with E-state index in [4.69, 9.17) is 30.4 Å². The van der Waals surface area contributed by atoms with Crippen LogP contribution in [0.25, 0.3) is 0 Å². The summed E-state index contributed by atoms with van der Waals surface area (Å²) >= 11 is 0. The molecule has 0 atom stereocenters. The fourth-order valence-corrected chi connectivity index (χ4v) is 6.08. The van der Waals surface area contributed by atoms with Gasteiger partial charge in [-0.2, -0.15) is 0 Å². The Labute approximate surface area is 288 Å².